The molecule has 4 nitrogen and oxygen atoms in total. The van der Waals surface area contributed by atoms with Crippen molar-refractivity contribution < 1.29 is 19.3 Å². The zero-order valence-corrected chi connectivity index (χ0v) is 13.4. The van der Waals surface area contributed by atoms with Crippen LogP contribution in [0.4, 0.5) is 0 Å². The number of hydrogen-bond donors (Lipinski definition) is 1. The molecule has 0 aliphatic rings. The fourth-order valence-corrected chi connectivity index (χ4v) is 2.05. The lowest BCUT2D eigenvalue weighted by Crippen LogP contribution is -2.05. The molecule has 0 saturated carbocycles. The molecule has 0 bridgehead atoms. The van der Waals surface area contributed by atoms with E-state index < -0.39 is 6.10 Å². The third-order valence-corrected chi connectivity index (χ3v) is 2.86. The zero-order valence-electron chi connectivity index (χ0n) is 13.4. The molecule has 0 spiro atoms. The zero-order chi connectivity index (χ0) is 15.8. The van der Waals surface area contributed by atoms with Gasteiger partial charge in [-0.15, -0.1) is 6.58 Å². The molecule has 0 heterocycles. The molecule has 0 fully saturated rings. The Bertz CT molecular complexity index is 441. The summed E-state index contributed by atoms with van der Waals surface area (Å²) >= 11 is 0. The normalized spacial score (nSPS) is 11.9. The van der Waals surface area contributed by atoms with Crippen LogP contribution in [-0.4, -0.2) is 24.9 Å². The van der Waals surface area contributed by atoms with Gasteiger partial charge in [-0.2, -0.15) is 0 Å². The molecule has 1 aromatic carbocycles. The Kier molecular flexibility index (Phi) is 7.09. The lowest BCUT2D eigenvalue weighted by atomic mass is 10.0. The summed E-state index contributed by atoms with van der Waals surface area (Å²) in [4.78, 5) is 0. The number of aliphatic hydroxyl groups is 1. The maximum atomic E-state index is 10.3. The van der Waals surface area contributed by atoms with E-state index in [9.17, 15) is 5.11 Å². The van der Waals surface area contributed by atoms with Gasteiger partial charge >= 0.3 is 0 Å². The number of rotatable bonds is 9. The first kappa shape index (κ1) is 17.4. The summed E-state index contributed by atoms with van der Waals surface area (Å²) < 4.78 is 16.9. The highest BCUT2D eigenvalue weighted by Crippen LogP contribution is 2.41. The minimum atomic E-state index is -0.628. The minimum absolute atomic E-state index is 0.505. The number of aliphatic hydroxyl groups excluding tert-OH is 1. The Morgan fingerprint density at radius 2 is 1.52 bits per heavy atom. The van der Waals surface area contributed by atoms with Gasteiger partial charge in [-0.25, -0.2) is 0 Å². The highest BCUT2D eigenvalue weighted by molar-refractivity contribution is 5.54. The maximum absolute atomic E-state index is 10.3. The van der Waals surface area contributed by atoms with E-state index in [1.165, 1.54) is 0 Å². The highest BCUT2D eigenvalue weighted by Gasteiger charge is 2.18. The first-order valence-electron chi connectivity index (χ1n) is 7.42. The summed E-state index contributed by atoms with van der Waals surface area (Å²) in [5.74, 6) is 1.79. The van der Waals surface area contributed by atoms with E-state index in [1.54, 1.807) is 0 Å². The van der Waals surface area contributed by atoms with Gasteiger partial charge in [0.05, 0.1) is 25.9 Å². The summed E-state index contributed by atoms with van der Waals surface area (Å²) in [7, 11) is 0. The van der Waals surface area contributed by atoms with Gasteiger partial charge in [0.15, 0.2) is 11.5 Å². The number of benzene rings is 1. The van der Waals surface area contributed by atoms with Crippen LogP contribution < -0.4 is 14.2 Å². The third-order valence-electron chi connectivity index (χ3n) is 2.86. The molecule has 0 saturated heterocycles. The minimum Gasteiger partial charge on any atom is -0.490 e. The SMILES string of the molecule is C=C(C)CC(O)c1cc(OCC)c(OCC)c(OCC)c1. The van der Waals surface area contributed by atoms with E-state index in [2.05, 4.69) is 6.58 Å². The fourth-order valence-electron chi connectivity index (χ4n) is 2.05. The monoisotopic (exact) mass is 294 g/mol. The Balaban J connectivity index is 3.23. The Hall–Kier alpha value is -1.68. The molecule has 1 unspecified atom stereocenters. The van der Waals surface area contributed by atoms with Crippen molar-refractivity contribution in [3.05, 3.63) is 29.8 Å². The lowest BCUT2D eigenvalue weighted by Gasteiger charge is -2.19. The van der Waals surface area contributed by atoms with Crippen LogP contribution in [0.3, 0.4) is 0 Å². The van der Waals surface area contributed by atoms with Crippen LogP contribution in [0.15, 0.2) is 24.3 Å². The molecule has 118 valence electrons. The topological polar surface area (TPSA) is 47.9 Å². The van der Waals surface area contributed by atoms with Crippen LogP contribution in [0.2, 0.25) is 0 Å². The molecule has 4 heteroatoms. The molecule has 1 rings (SSSR count). The summed E-state index contributed by atoms with van der Waals surface area (Å²) in [6.07, 6.45) is -0.123. The molecule has 21 heavy (non-hydrogen) atoms. The summed E-state index contributed by atoms with van der Waals surface area (Å²) in [5.41, 5.74) is 1.67. The van der Waals surface area contributed by atoms with Crippen molar-refractivity contribution in [1.82, 2.24) is 0 Å². The predicted molar refractivity (Wildman–Crippen MR) is 84.3 cm³/mol. The van der Waals surface area contributed by atoms with E-state index in [0.717, 1.165) is 11.1 Å². The third kappa shape index (κ3) is 4.97. The van der Waals surface area contributed by atoms with Crippen molar-refractivity contribution in [3.8, 4) is 17.2 Å². The quantitative estimate of drug-likeness (QED) is 0.702. The average Bonchev–Trinajstić information content (AvgIpc) is 2.41. The van der Waals surface area contributed by atoms with Gasteiger partial charge in [-0.3, -0.25) is 0 Å². The van der Waals surface area contributed by atoms with Crippen molar-refractivity contribution in [3.63, 3.8) is 0 Å². The molecule has 1 aromatic rings. The van der Waals surface area contributed by atoms with E-state index in [1.807, 2.05) is 39.8 Å². The molecule has 0 aliphatic heterocycles. The van der Waals surface area contributed by atoms with Crippen LogP contribution >= 0.6 is 0 Å². The van der Waals surface area contributed by atoms with Gasteiger partial charge in [0, 0.05) is 0 Å². The van der Waals surface area contributed by atoms with Gasteiger partial charge in [-0.1, -0.05) is 5.57 Å². The molecular formula is C17H26O4. The molecular weight excluding hydrogens is 268 g/mol. The lowest BCUT2D eigenvalue weighted by molar-refractivity contribution is 0.176. The van der Waals surface area contributed by atoms with Crippen LogP contribution in [0, 0.1) is 0 Å². The second-order valence-corrected chi connectivity index (χ2v) is 4.82. The Labute approximate surface area is 127 Å². The summed E-state index contributed by atoms with van der Waals surface area (Å²) in [6, 6.07) is 3.62. The van der Waals surface area contributed by atoms with Gasteiger partial charge in [0.1, 0.15) is 0 Å². The van der Waals surface area contributed by atoms with E-state index in [4.69, 9.17) is 14.2 Å². The highest BCUT2D eigenvalue weighted by atomic mass is 16.5. The maximum Gasteiger partial charge on any atom is 0.203 e. The molecule has 0 aliphatic carbocycles. The molecule has 0 aromatic heterocycles. The number of ether oxygens (including phenoxy) is 3. The molecule has 0 amide bonds. The first-order chi connectivity index (χ1) is 10.0. The largest absolute Gasteiger partial charge is 0.490 e. The van der Waals surface area contributed by atoms with Crippen molar-refractivity contribution >= 4 is 0 Å². The van der Waals surface area contributed by atoms with E-state index in [-0.39, 0.29) is 0 Å². The van der Waals surface area contributed by atoms with Crippen LogP contribution in [-0.2, 0) is 0 Å². The average molecular weight is 294 g/mol. The smallest absolute Gasteiger partial charge is 0.203 e. The summed E-state index contributed by atoms with van der Waals surface area (Å²) in [6.45, 7) is 13.0. The molecule has 0 radical (unpaired) electrons. The van der Waals surface area contributed by atoms with Crippen LogP contribution in [0.1, 0.15) is 45.8 Å². The van der Waals surface area contributed by atoms with Gasteiger partial charge in [0.2, 0.25) is 5.75 Å². The second kappa shape index (κ2) is 8.57. The standard InChI is InChI=1S/C17H26O4/c1-6-19-15-10-13(14(18)9-12(4)5)11-16(20-7-2)17(15)21-8-3/h10-11,14,18H,4,6-9H2,1-3,5H3. The molecule has 1 N–H and O–H groups in total. The van der Waals surface area contributed by atoms with Gasteiger partial charge in [0.25, 0.3) is 0 Å². The van der Waals surface area contributed by atoms with Crippen molar-refractivity contribution in [2.75, 3.05) is 19.8 Å². The Morgan fingerprint density at radius 1 is 1.05 bits per heavy atom. The molecule has 1 atom stereocenters. The van der Waals surface area contributed by atoms with E-state index in [0.29, 0.717) is 43.5 Å². The fraction of sp³-hybridized carbons (Fsp3) is 0.529. The van der Waals surface area contributed by atoms with E-state index >= 15 is 0 Å². The van der Waals surface area contributed by atoms with Crippen LogP contribution in [0.5, 0.6) is 17.2 Å². The number of hydrogen-bond acceptors (Lipinski definition) is 4. The van der Waals surface area contributed by atoms with Crippen molar-refractivity contribution in [2.24, 2.45) is 0 Å². The van der Waals surface area contributed by atoms with Gasteiger partial charge in [-0.05, 0) is 51.8 Å². The van der Waals surface area contributed by atoms with Gasteiger partial charge < -0.3 is 19.3 Å². The first-order valence-corrected chi connectivity index (χ1v) is 7.42. The summed E-state index contributed by atoms with van der Waals surface area (Å²) in [5, 5.41) is 10.3. The van der Waals surface area contributed by atoms with Crippen molar-refractivity contribution in [2.45, 2.75) is 40.2 Å². The Morgan fingerprint density at radius 3 is 1.90 bits per heavy atom. The van der Waals surface area contributed by atoms with Crippen molar-refractivity contribution in [1.29, 1.82) is 0 Å². The predicted octanol–water partition coefficient (Wildman–Crippen LogP) is 3.88. The second-order valence-electron chi connectivity index (χ2n) is 4.82. The van der Waals surface area contributed by atoms with Crippen LogP contribution in [0.25, 0.3) is 0 Å².